The summed E-state index contributed by atoms with van der Waals surface area (Å²) in [7, 11) is 3.20. The van der Waals surface area contributed by atoms with Gasteiger partial charge in [-0.3, -0.25) is 28.8 Å². The first kappa shape index (κ1) is 106. The molecule has 6 aromatic rings. The Morgan fingerprint density at radius 2 is 1.40 bits per heavy atom. The molecule has 37 heteroatoms. The second-order valence-corrected chi connectivity index (χ2v) is 35.4. The lowest BCUT2D eigenvalue weighted by molar-refractivity contribution is -0.265. The zero-order chi connectivity index (χ0) is 95.9. The highest BCUT2D eigenvalue weighted by Crippen LogP contribution is 2.40. The Bertz CT molecular complexity index is 4860. The first-order valence-corrected chi connectivity index (χ1v) is 47.3. The summed E-state index contributed by atoms with van der Waals surface area (Å²) < 4.78 is 62.1. The summed E-state index contributed by atoms with van der Waals surface area (Å²) in [5, 5.41) is 74.0. The van der Waals surface area contributed by atoms with Crippen LogP contribution in [0.3, 0.4) is 0 Å². The highest BCUT2D eigenvalue weighted by atomic mass is 16.6. The number of aromatic hydroxyl groups is 1. The summed E-state index contributed by atoms with van der Waals surface area (Å²) in [6.45, 7) is 16.2. The van der Waals surface area contributed by atoms with E-state index in [4.69, 9.17) is 68.8 Å². The maximum absolute atomic E-state index is 15.2. The highest BCUT2D eigenvalue weighted by Gasteiger charge is 2.53. The monoisotopic (exact) mass is 1870 g/mol. The molecule has 2 bridgehead atoms. The smallest absolute Gasteiger partial charge is 0.329 e. The molecule has 1 saturated carbocycles. The van der Waals surface area contributed by atoms with Crippen molar-refractivity contribution in [3.8, 4) is 17.1 Å². The number of fused-ring (bicyclic) bond motifs is 5. The molecule has 7 heterocycles. The van der Waals surface area contributed by atoms with Gasteiger partial charge in [0.05, 0.1) is 126 Å². The molecule has 15 atom stereocenters. The van der Waals surface area contributed by atoms with Gasteiger partial charge < -0.3 is 110 Å². The number of phenolic OH excluding ortho intramolecular Hbond substituents is 1. The van der Waals surface area contributed by atoms with Gasteiger partial charge in [0, 0.05) is 120 Å². The minimum absolute atomic E-state index is 0.0227. The van der Waals surface area contributed by atoms with E-state index in [0.29, 0.717) is 203 Å². The van der Waals surface area contributed by atoms with Crippen LogP contribution in [0.4, 0.5) is 5.82 Å². The Labute approximate surface area is 783 Å². The van der Waals surface area contributed by atoms with Crippen molar-refractivity contribution in [3.63, 3.8) is 0 Å². The zero-order valence-corrected chi connectivity index (χ0v) is 78.9. The second-order valence-electron chi connectivity index (χ2n) is 35.4. The third-order valence-electron chi connectivity index (χ3n) is 25.1. The van der Waals surface area contributed by atoms with Crippen molar-refractivity contribution >= 4 is 74.6 Å². The van der Waals surface area contributed by atoms with Gasteiger partial charge in [-0.25, -0.2) is 24.1 Å². The van der Waals surface area contributed by atoms with E-state index in [1.54, 1.807) is 70.9 Å². The molecule has 4 aliphatic rings. The molecule has 1 aliphatic carbocycles. The maximum atomic E-state index is 15.2. The Kier molecular flexibility index (Phi) is 43.6. The molecule has 3 fully saturated rings. The topological polar surface area (TPSA) is 496 Å². The van der Waals surface area contributed by atoms with Gasteiger partial charge in [0.1, 0.15) is 54.5 Å². The van der Waals surface area contributed by atoms with E-state index in [-0.39, 0.29) is 118 Å². The third-order valence-corrected chi connectivity index (χ3v) is 25.1. The molecule has 2 saturated heterocycles. The minimum Gasteiger partial charge on any atom is -0.508 e. The van der Waals surface area contributed by atoms with E-state index in [1.165, 1.54) is 11.2 Å². The van der Waals surface area contributed by atoms with Crippen molar-refractivity contribution in [3.05, 3.63) is 126 Å². The number of nitrogens with one attached hydrogen (secondary N) is 4. The number of amides is 4. The number of carbonyl (C=O) groups is 7. The van der Waals surface area contributed by atoms with Crippen LogP contribution in [0.15, 0.2) is 120 Å². The van der Waals surface area contributed by atoms with Gasteiger partial charge in [-0.15, -0.1) is 5.10 Å². The third kappa shape index (κ3) is 32.6. The fraction of sp³-hybridized carbons (Fsp3) is 0.619. The Morgan fingerprint density at radius 1 is 0.724 bits per heavy atom. The number of oxime groups is 1. The van der Waals surface area contributed by atoms with Crippen molar-refractivity contribution in [1.82, 2.24) is 60.6 Å². The summed E-state index contributed by atoms with van der Waals surface area (Å²) >= 11 is 0. The number of esters is 1. The zero-order valence-electron chi connectivity index (χ0n) is 78.9. The number of aromatic amines is 1. The van der Waals surface area contributed by atoms with Gasteiger partial charge in [-0.05, 0) is 157 Å². The molecule has 4 amide bonds. The Morgan fingerprint density at radius 3 is 2.10 bits per heavy atom. The molecule has 134 heavy (non-hydrogen) atoms. The van der Waals surface area contributed by atoms with Gasteiger partial charge in [0.25, 0.3) is 11.7 Å². The fourth-order valence-corrected chi connectivity index (χ4v) is 17.3. The van der Waals surface area contributed by atoms with Crippen LogP contribution >= 0.6 is 0 Å². The standard InChI is InChI=1S/C97H141N15O22/c1-63-20-11-9-12-21-64(2)81(124-7)58-74-30-27-68(6)97(123,134-74)92(120)95(121)110-38-17-15-25-80(110)96(122)133-82(59-77(108-132-61-69-22-13-10-14-23-69)65(3)53-67(5)90(118)91(119)89(117)66(4)52-63)75(98)54-70-28-32-79(83(55-70)125-8)112-60-72(106-109-112)24-19-26-84(114)101-36-42-128-46-50-131-49-45-127-41-34-86(116)102-37-43-129-47-51-130-48-44-126-40-33-85(115)100-35-16-18-39-111-94-87(93(99)103-62-104-94)88(107-111)78-57-71-56-73(113)29-31-76(71)105-78/h9-14,20-23,29,31,53,56-57,60,62-63,65-66,68,70,74-75,79-83,90-91,105,113,118-119,123H,15-19,24-28,30,32-52,54-55,58-59,61,98H2,1-8H3,(H,100,115)(H,101,114)(H,102,116)(H2,99,103,104)/b12-9?,20-11+,64-21?,67-53+,108-77-/t63-,65-,66-,68-,70+,74+,75-,79+,80+,81+,82+,83-,90-,91+,97-/m1/s1. The van der Waals surface area contributed by atoms with Crippen molar-refractivity contribution in [2.75, 3.05) is 125 Å². The number of carbonyl (C=O) groups excluding carboxylic acids is 7. The number of cyclic esters (lactones) is 1. The number of phenols is 1. The number of nitrogens with zero attached hydrogens (tertiary/aromatic N) is 9. The van der Waals surface area contributed by atoms with Crippen LogP contribution in [0.25, 0.3) is 33.3 Å². The number of piperidine rings is 1. The summed E-state index contributed by atoms with van der Waals surface area (Å²) in [6.07, 6.45) is 16.3. The number of aliphatic hydroxyl groups excluding tert-OH is 2. The molecular formula is C97H141N15O22. The van der Waals surface area contributed by atoms with Gasteiger partial charge in [0.2, 0.25) is 23.5 Å². The molecule has 4 aromatic heterocycles. The van der Waals surface area contributed by atoms with E-state index in [1.807, 2.05) is 91.5 Å². The summed E-state index contributed by atoms with van der Waals surface area (Å²) in [6, 6.07) is 14.0. The number of ether oxygens (including phenoxy) is 10. The number of nitrogen functional groups attached to an aromatic ring is 1. The number of hydrogen-bond acceptors (Lipinski definition) is 30. The van der Waals surface area contributed by atoms with E-state index < -0.39 is 89.6 Å². The number of aryl methyl sites for hydroxylation is 2. The first-order chi connectivity index (χ1) is 64.7. The van der Waals surface area contributed by atoms with Gasteiger partial charge in [-0.2, -0.15) is 5.10 Å². The number of Topliss-reactive ketones (excluding diaryl/α,β-unsaturated/α-hetero) is 2. The summed E-state index contributed by atoms with van der Waals surface area (Å²) in [5.41, 5.74) is 19.4. The number of aromatic nitrogens is 8. The number of allylic oxidation sites excluding steroid dienone is 6. The summed E-state index contributed by atoms with van der Waals surface area (Å²) in [4.78, 5) is 115. The number of unbranched alkanes of at least 4 members (excludes halogenated alkanes) is 1. The lowest BCUT2D eigenvalue weighted by Gasteiger charge is -2.42. The van der Waals surface area contributed by atoms with Gasteiger partial charge in [0.15, 0.2) is 11.4 Å². The van der Waals surface area contributed by atoms with Crippen LogP contribution in [0.5, 0.6) is 5.75 Å². The van der Waals surface area contributed by atoms with E-state index in [0.717, 1.165) is 34.2 Å². The van der Waals surface area contributed by atoms with Crippen molar-refractivity contribution < 1.29 is 106 Å². The molecule has 2 aromatic carbocycles. The number of ketones is 2. The molecular weight excluding hydrogens is 1730 g/mol. The number of nitrogens with two attached hydrogens (primary N) is 2. The average molecular weight is 1870 g/mol. The molecule has 0 unspecified atom stereocenters. The van der Waals surface area contributed by atoms with Crippen molar-refractivity contribution in [2.45, 2.75) is 237 Å². The highest BCUT2D eigenvalue weighted by molar-refractivity contribution is 6.39. The molecule has 37 nitrogen and oxygen atoms in total. The molecule has 0 spiro atoms. The fourth-order valence-electron chi connectivity index (χ4n) is 17.3. The lowest BCUT2D eigenvalue weighted by Crippen LogP contribution is -2.61. The number of hydrogen-bond donors (Lipinski definition) is 10. The number of anilines is 1. The second kappa shape index (κ2) is 55.2. The minimum atomic E-state index is -2.51. The van der Waals surface area contributed by atoms with Crippen LogP contribution in [-0.4, -0.2) is 286 Å². The number of rotatable bonds is 43. The van der Waals surface area contributed by atoms with Crippen LogP contribution < -0.4 is 27.4 Å². The molecule has 3 aliphatic heterocycles. The molecule has 0 radical (unpaired) electrons. The van der Waals surface area contributed by atoms with Crippen LogP contribution in [0.2, 0.25) is 0 Å². The number of aliphatic hydroxyl groups is 3. The van der Waals surface area contributed by atoms with E-state index in [9.17, 15) is 49.2 Å². The molecule has 10 rings (SSSR count). The quantitative estimate of drug-likeness (QED) is 0.00565. The normalized spacial score (nSPS) is 25.3. The Balaban J connectivity index is 0.595. The predicted molar refractivity (Wildman–Crippen MR) is 500 cm³/mol. The SMILES string of the molecule is CO[C@H]1C[C@@H]2CC[C@@H](C)[C@@](O)(O2)C(=O)C(=O)N2CCCC[C@H]2C(=O)O[C@H]([C@H](N)C[C@@H]2CC[C@H](n3cc(CCCC(=O)NCCOCCOCCOCCC(=O)NCCOCCOCCOCCC(=O)NCCCCn4nc(-c5cc6cc(O)ccc6[nH]5)c5c(N)ncnc54)nn3)[C@H](OC)C2)C/C(=N/OCc2ccccc2)[C@H](C)/C=C(\C)[C@@H](O)[C@@H](O)C(=O)[C@H](C)C[C@H](C)/C=C/C=CC=C1C. The van der Waals surface area contributed by atoms with Crippen LogP contribution in [-0.2, 0) is 105 Å². The van der Waals surface area contributed by atoms with Crippen LogP contribution in [0.1, 0.15) is 174 Å². The lowest BCUT2D eigenvalue weighted by atomic mass is 9.79. The van der Waals surface area contributed by atoms with Crippen molar-refractivity contribution in [1.29, 1.82) is 0 Å². The number of methoxy groups -OCH3 is 2. The largest absolute Gasteiger partial charge is 0.508 e. The summed E-state index contributed by atoms with van der Waals surface area (Å²) in [5.74, 6) is -8.23. The molecule has 736 valence electrons. The van der Waals surface area contributed by atoms with Gasteiger partial charge >= 0.3 is 5.97 Å². The number of benzene rings is 2. The number of H-pyrrole nitrogens is 1. The van der Waals surface area contributed by atoms with Crippen molar-refractivity contribution in [2.24, 2.45) is 40.5 Å². The maximum Gasteiger partial charge on any atom is 0.329 e. The average Bonchev–Trinajstić information content (AvgIpc) is 1.65. The first-order valence-electron chi connectivity index (χ1n) is 47.3. The van der Waals surface area contributed by atoms with E-state index >= 15 is 4.79 Å². The molecule has 12 N–H and O–H groups in total. The van der Waals surface area contributed by atoms with Crippen LogP contribution in [0, 0.1) is 29.6 Å². The van der Waals surface area contributed by atoms with Gasteiger partial charge in [-0.1, -0.05) is 105 Å². The van der Waals surface area contributed by atoms with E-state index in [2.05, 4.69) is 46.4 Å². The predicted octanol–water partition coefficient (Wildman–Crippen LogP) is 8.30. The Hall–Kier alpha value is -10.1.